The van der Waals surface area contributed by atoms with Crippen LogP contribution in [0.4, 0.5) is 10.1 Å². The normalized spacial score (nSPS) is 16.7. The molecule has 0 unspecified atom stereocenters. The van der Waals surface area contributed by atoms with Gasteiger partial charge >= 0.3 is 5.97 Å². The van der Waals surface area contributed by atoms with Crippen LogP contribution in [0.2, 0.25) is 0 Å². The van der Waals surface area contributed by atoms with Crippen LogP contribution in [0.25, 0.3) is 0 Å². The summed E-state index contributed by atoms with van der Waals surface area (Å²) in [5.41, 5.74) is 2.01. The maximum atomic E-state index is 14.1. The molecule has 1 aromatic rings. The Morgan fingerprint density at radius 1 is 1.23 bits per heavy atom. The number of halogens is 2. The number of rotatable bonds is 4. The molecule has 0 saturated carbocycles. The predicted molar refractivity (Wildman–Crippen MR) is 118 cm³/mol. The number of ether oxygens (including phenoxy) is 2. The number of morpholine rings is 1. The molecule has 164 valence electrons. The highest BCUT2D eigenvalue weighted by Gasteiger charge is 2.25. The molecule has 0 spiro atoms. The van der Waals surface area contributed by atoms with Crippen molar-refractivity contribution >= 4 is 40.9 Å². The summed E-state index contributed by atoms with van der Waals surface area (Å²) in [6, 6.07) is 4.26. The lowest BCUT2D eigenvalue weighted by atomic mass is 10.1. The van der Waals surface area contributed by atoms with Gasteiger partial charge < -0.3 is 19.7 Å². The Kier molecular flexibility index (Phi) is 9.20. The molecule has 30 heavy (non-hydrogen) atoms. The highest BCUT2D eigenvalue weighted by atomic mass is 35.5. The van der Waals surface area contributed by atoms with E-state index in [1.165, 1.54) is 31.0 Å². The molecule has 0 aliphatic carbocycles. The van der Waals surface area contributed by atoms with Crippen LogP contribution < -0.4 is 10.2 Å². The lowest BCUT2D eigenvalue weighted by Crippen LogP contribution is -2.36. The predicted octanol–water partition coefficient (Wildman–Crippen LogP) is 4.06. The molecule has 1 saturated heterocycles. The maximum Gasteiger partial charge on any atom is 0.345 e. The van der Waals surface area contributed by atoms with E-state index in [1.54, 1.807) is 13.0 Å². The molecule has 2 aliphatic heterocycles. The fraction of sp³-hybridized carbons (Fsp3) is 0.429. The van der Waals surface area contributed by atoms with Gasteiger partial charge in [-0.15, -0.1) is 11.8 Å². The van der Waals surface area contributed by atoms with Gasteiger partial charge in [-0.05, 0) is 30.7 Å². The standard InChI is InChI=1S/C19H20ClFN2O4S.C2H6/c1-11-15(10-28-17(16(11)20)19(25)26-2)22-18(24)12-7-13(21)9-14(8-12)23-3-5-27-6-4-23;1-2/h7-9H,3-6,10H2,1-2H3,(H,22,24);1-2H3. The minimum Gasteiger partial charge on any atom is -0.465 e. The lowest BCUT2D eigenvalue weighted by molar-refractivity contribution is -0.135. The average molecular weight is 457 g/mol. The SMILES string of the molecule is CC.COC(=O)C1=C(Cl)C(C)=C(NC(=O)c2cc(F)cc(N3CCOCC3)c2)CS1. The number of carbonyl (C=O) groups is 2. The van der Waals surface area contributed by atoms with E-state index in [2.05, 4.69) is 5.32 Å². The number of methoxy groups -OCH3 is 1. The van der Waals surface area contributed by atoms with Crippen molar-refractivity contribution in [1.29, 1.82) is 0 Å². The van der Waals surface area contributed by atoms with E-state index < -0.39 is 17.7 Å². The summed E-state index contributed by atoms with van der Waals surface area (Å²) in [6.07, 6.45) is 0. The highest BCUT2D eigenvalue weighted by Crippen LogP contribution is 2.36. The van der Waals surface area contributed by atoms with E-state index in [-0.39, 0.29) is 10.6 Å². The Hall–Kier alpha value is -2.03. The molecule has 2 aliphatic rings. The molecule has 9 heteroatoms. The third-order valence-corrected chi connectivity index (χ3v) is 6.18. The first-order valence-corrected chi connectivity index (χ1v) is 11.0. The van der Waals surface area contributed by atoms with E-state index in [4.69, 9.17) is 21.1 Å². The lowest BCUT2D eigenvalue weighted by Gasteiger charge is -2.29. The molecule has 0 radical (unpaired) electrons. The van der Waals surface area contributed by atoms with Crippen molar-refractivity contribution in [2.24, 2.45) is 0 Å². The van der Waals surface area contributed by atoms with Crippen LogP contribution in [0.1, 0.15) is 31.1 Å². The second kappa shape index (κ2) is 11.4. The number of nitrogens with zero attached hydrogens (tertiary/aromatic N) is 1. The van der Waals surface area contributed by atoms with E-state index in [1.807, 2.05) is 18.7 Å². The Morgan fingerprint density at radius 3 is 2.53 bits per heavy atom. The minimum atomic E-state index is -0.514. The number of amides is 1. The van der Waals surface area contributed by atoms with Gasteiger partial charge in [-0.1, -0.05) is 25.4 Å². The summed E-state index contributed by atoms with van der Waals surface area (Å²) in [5.74, 6) is -1.08. The fourth-order valence-electron chi connectivity index (χ4n) is 2.91. The number of anilines is 1. The van der Waals surface area contributed by atoms with Crippen LogP contribution in [0.3, 0.4) is 0 Å². The van der Waals surface area contributed by atoms with Gasteiger partial charge in [-0.2, -0.15) is 0 Å². The summed E-state index contributed by atoms with van der Waals surface area (Å²) in [4.78, 5) is 26.7. The number of esters is 1. The number of carbonyl (C=O) groups excluding carboxylic acids is 2. The zero-order chi connectivity index (χ0) is 22.3. The van der Waals surface area contributed by atoms with E-state index >= 15 is 0 Å². The van der Waals surface area contributed by atoms with E-state index in [0.717, 1.165) is 0 Å². The van der Waals surface area contributed by atoms with Gasteiger partial charge in [-0.3, -0.25) is 4.79 Å². The van der Waals surface area contributed by atoms with E-state index in [9.17, 15) is 14.0 Å². The number of thioether (sulfide) groups is 1. The van der Waals surface area contributed by atoms with Gasteiger partial charge in [0.1, 0.15) is 10.7 Å². The molecule has 0 aromatic heterocycles. The minimum absolute atomic E-state index is 0.214. The second-order valence-electron chi connectivity index (χ2n) is 6.28. The summed E-state index contributed by atoms with van der Waals surface area (Å²) in [5, 5.41) is 3.03. The van der Waals surface area contributed by atoms with Crippen molar-refractivity contribution in [1.82, 2.24) is 5.32 Å². The molecule has 2 heterocycles. The highest BCUT2D eigenvalue weighted by molar-refractivity contribution is 8.04. The first kappa shape index (κ1) is 24.2. The van der Waals surface area contributed by atoms with Crippen molar-refractivity contribution < 1.29 is 23.5 Å². The number of allylic oxidation sites excluding steroid dienone is 2. The first-order chi connectivity index (χ1) is 14.4. The van der Waals surface area contributed by atoms with Crippen LogP contribution in [0, 0.1) is 5.82 Å². The molecule has 3 rings (SSSR count). The molecular formula is C21H26ClFN2O4S. The van der Waals surface area contributed by atoms with Gasteiger partial charge in [0.05, 0.1) is 25.4 Å². The number of hydrogen-bond acceptors (Lipinski definition) is 6. The summed E-state index contributed by atoms with van der Waals surface area (Å²) < 4.78 is 24.1. The molecule has 1 N–H and O–H groups in total. The van der Waals surface area contributed by atoms with Crippen LogP contribution in [-0.2, 0) is 14.3 Å². The third kappa shape index (κ3) is 5.77. The molecule has 1 fully saturated rings. The Bertz CT molecular complexity index is 867. The Labute approximate surface area is 185 Å². The Balaban J connectivity index is 0.00000155. The molecule has 6 nitrogen and oxygen atoms in total. The second-order valence-corrected chi connectivity index (χ2v) is 7.64. The van der Waals surface area contributed by atoms with Gasteiger partial charge in [-0.25, -0.2) is 9.18 Å². The van der Waals surface area contributed by atoms with Crippen LogP contribution >= 0.6 is 23.4 Å². The van der Waals surface area contributed by atoms with Crippen molar-refractivity contribution in [2.45, 2.75) is 20.8 Å². The molecule has 1 aromatic carbocycles. The topological polar surface area (TPSA) is 67.9 Å². The summed E-state index contributed by atoms with van der Waals surface area (Å²) >= 11 is 7.44. The van der Waals surface area contributed by atoms with Gasteiger partial charge in [0.25, 0.3) is 5.91 Å². The van der Waals surface area contributed by atoms with Crippen LogP contribution in [0.5, 0.6) is 0 Å². The monoisotopic (exact) mass is 456 g/mol. The van der Waals surface area contributed by atoms with Crippen LogP contribution in [-0.4, -0.2) is 51.0 Å². The van der Waals surface area contributed by atoms with E-state index in [0.29, 0.717) is 53.9 Å². The van der Waals surface area contributed by atoms with Gasteiger partial charge in [0.2, 0.25) is 0 Å². The quantitative estimate of drug-likeness (QED) is 0.689. The fourth-order valence-corrected chi connectivity index (χ4v) is 4.32. The maximum absolute atomic E-state index is 14.1. The molecule has 0 bridgehead atoms. The Morgan fingerprint density at radius 2 is 1.90 bits per heavy atom. The van der Waals surface area contributed by atoms with Crippen molar-refractivity contribution in [2.75, 3.05) is 44.1 Å². The molecule has 1 amide bonds. The smallest absolute Gasteiger partial charge is 0.345 e. The zero-order valence-corrected chi connectivity index (χ0v) is 19.1. The van der Waals surface area contributed by atoms with Gasteiger partial charge in [0, 0.05) is 35.8 Å². The van der Waals surface area contributed by atoms with Crippen molar-refractivity contribution in [3.63, 3.8) is 0 Å². The summed E-state index contributed by atoms with van der Waals surface area (Å²) in [6.45, 7) is 8.12. The van der Waals surface area contributed by atoms with Crippen molar-refractivity contribution in [3.05, 3.63) is 50.8 Å². The number of nitrogens with one attached hydrogen (secondary N) is 1. The number of hydrogen-bond donors (Lipinski definition) is 1. The van der Waals surface area contributed by atoms with Gasteiger partial charge in [0.15, 0.2) is 0 Å². The average Bonchev–Trinajstić information content (AvgIpc) is 2.78. The zero-order valence-electron chi connectivity index (χ0n) is 17.5. The third-order valence-electron chi connectivity index (χ3n) is 4.50. The number of benzene rings is 1. The first-order valence-electron chi connectivity index (χ1n) is 9.66. The van der Waals surface area contributed by atoms with Crippen LogP contribution in [0.15, 0.2) is 39.4 Å². The summed E-state index contributed by atoms with van der Waals surface area (Å²) in [7, 11) is 1.28. The largest absolute Gasteiger partial charge is 0.465 e. The van der Waals surface area contributed by atoms with Crippen molar-refractivity contribution in [3.8, 4) is 0 Å². The molecule has 0 atom stereocenters. The molecular weight excluding hydrogens is 431 g/mol.